The highest BCUT2D eigenvalue weighted by molar-refractivity contribution is 6.01. The van der Waals surface area contributed by atoms with Gasteiger partial charge < -0.3 is 20.6 Å². The lowest BCUT2D eigenvalue weighted by atomic mass is 9.96. The van der Waals surface area contributed by atoms with Gasteiger partial charge in [-0.25, -0.2) is 9.59 Å². The van der Waals surface area contributed by atoms with Crippen molar-refractivity contribution >= 4 is 23.6 Å². The molecule has 1 fully saturated rings. The molecule has 0 aromatic heterocycles. The Morgan fingerprint density at radius 3 is 2.30 bits per heavy atom. The van der Waals surface area contributed by atoms with Gasteiger partial charge in [0.05, 0.1) is 0 Å². The molecule has 1 aliphatic carbocycles. The zero-order valence-electron chi connectivity index (χ0n) is 19.1. The average Bonchev–Trinajstić information content (AvgIpc) is 3.10. The molecule has 33 heavy (non-hydrogen) atoms. The second kappa shape index (κ2) is 9.65. The molecular formula is C26H31N3O4. The molecule has 2 aromatic rings. The normalized spacial score (nSPS) is 17.1. The molecule has 2 aromatic carbocycles. The van der Waals surface area contributed by atoms with Crippen LogP contribution in [0.1, 0.15) is 61.9 Å². The van der Waals surface area contributed by atoms with Gasteiger partial charge in [0.25, 0.3) is 5.91 Å². The van der Waals surface area contributed by atoms with Crippen LogP contribution in [-0.2, 0) is 11.3 Å². The van der Waals surface area contributed by atoms with E-state index in [2.05, 4.69) is 10.6 Å². The number of hydrogen-bond donors (Lipinski definition) is 3. The Morgan fingerprint density at radius 2 is 1.67 bits per heavy atom. The zero-order valence-corrected chi connectivity index (χ0v) is 19.1. The summed E-state index contributed by atoms with van der Waals surface area (Å²) >= 11 is 0. The number of amides is 3. The fourth-order valence-electron chi connectivity index (χ4n) is 4.85. The molecule has 1 atom stereocenters. The molecule has 4 rings (SSSR count). The number of urea groups is 1. The molecule has 3 N–H and O–H groups in total. The summed E-state index contributed by atoms with van der Waals surface area (Å²) in [5.74, 6) is -1.41. The lowest BCUT2D eigenvalue weighted by molar-refractivity contribution is -0.144. The largest absolute Gasteiger partial charge is 0.480 e. The van der Waals surface area contributed by atoms with Gasteiger partial charge in [-0.2, -0.15) is 0 Å². The number of benzene rings is 2. The fourth-order valence-corrected chi connectivity index (χ4v) is 4.85. The molecule has 1 aliphatic heterocycles. The van der Waals surface area contributed by atoms with Crippen molar-refractivity contribution in [1.82, 2.24) is 10.2 Å². The van der Waals surface area contributed by atoms with E-state index in [1.165, 1.54) is 11.3 Å². The maximum absolute atomic E-state index is 13.0. The van der Waals surface area contributed by atoms with Crippen molar-refractivity contribution in [2.24, 2.45) is 5.92 Å². The maximum Gasteiger partial charge on any atom is 0.326 e. The topological polar surface area (TPSA) is 98.7 Å². The first-order chi connectivity index (χ1) is 15.8. The second-order valence-electron chi connectivity index (χ2n) is 9.34. The van der Waals surface area contributed by atoms with Gasteiger partial charge in [0.2, 0.25) is 0 Å². The first-order valence-corrected chi connectivity index (χ1v) is 11.7. The maximum atomic E-state index is 13.0. The van der Waals surface area contributed by atoms with Crippen LogP contribution in [0.4, 0.5) is 10.5 Å². The number of rotatable bonds is 6. The third kappa shape index (κ3) is 5.02. The number of carbonyl (C=O) groups is 3. The number of aliphatic carboxylic acids is 1. The molecule has 7 heteroatoms. The molecular weight excluding hydrogens is 418 g/mol. The first-order valence-electron chi connectivity index (χ1n) is 11.7. The molecule has 174 valence electrons. The number of hydrogen-bond acceptors (Lipinski definition) is 3. The Labute approximate surface area is 194 Å². The Kier molecular flexibility index (Phi) is 6.67. The van der Waals surface area contributed by atoms with E-state index in [1.807, 2.05) is 56.3 Å². The summed E-state index contributed by atoms with van der Waals surface area (Å²) < 4.78 is 0. The Hall–Kier alpha value is -3.35. The predicted octanol–water partition coefficient (Wildman–Crippen LogP) is 4.87. The number of nitrogens with one attached hydrogen (secondary N) is 2. The van der Waals surface area contributed by atoms with Crippen LogP contribution < -0.4 is 10.6 Å². The van der Waals surface area contributed by atoms with Crippen molar-refractivity contribution in [3.63, 3.8) is 0 Å². The lowest BCUT2D eigenvalue weighted by Gasteiger charge is -2.27. The van der Waals surface area contributed by atoms with E-state index >= 15 is 0 Å². The molecule has 3 amide bonds. The van der Waals surface area contributed by atoms with E-state index in [0.29, 0.717) is 17.8 Å². The van der Waals surface area contributed by atoms with Gasteiger partial charge in [-0.1, -0.05) is 57.4 Å². The van der Waals surface area contributed by atoms with E-state index in [9.17, 15) is 19.5 Å². The van der Waals surface area contributed by atoms with Gasteiger partial charge in [-0.3, -0.25) is 4.79 Å². The number of anilines is 1. The zero-order chi connectivity index (χ0) is 23.5. The highest BCUT2D eigenvalue weighted by atomic mass is 16.4. The summed E-state index contributed by atoms with van der Waals surface area (Å²) in [6, 6.07) is 12.4. The van der Waals surface area contributed by atoms with Gasteiger partial charge in [-0.15, -0.1) is 0 Å². The van der Waals surface area contributed by atoms with Crippen molar-refractivity contribution in [2.45, 2.75) is 64.6 Å². The Morgan fingerprint density at radius 1 is 1.00 bits per heavy atom. The summed E-state index contributed by atoms with van der Waals surface area (Å²) in [6.45, 7) is 3.93. The number of carbonyl (C=O) groups excluding carboxylic acids is 2. The van der Waals surface area contributed by atoms with Crippen LogP contribution >= 0.6 is 0 Å². The minimum Gasteiger partial charge on any atom is -0.480 e. The number of fused-ring (bicyclic) bond motifs is 1. The standard InChI is InChI=1S/C26H31N3O4/c1-16(2)23(25(31)32)29-15-19-9-8-18(14-22(19)24(29)30)17-10-12-21(13-11-17)28-26(33)27-20-6-4-3-5-7-20/h8-14,16,20,23H,3-7,15H2,1-2H3,(H,31,32)(H2,27,28,33)/t23-/m0/s1. The number of carboxylic acids is 1. The van der Waals surface area contributed by atoms with Crippen molar-refractivity contribution in [1.29, 1.82) is 0 Å². The average molecular weight is 450 g/mol. The van der Waals surface area contributed by atoms with Crippen LogP contribution in [0.5, 0.6) is 0 Å². The molecule has 0 radical (unpaired) electrons. The van der Waals surface area contributed by atoms with E-state index in [-0.39, 0.29) is 23.9 Å². The number of nitrogens with zero attached hydrogens (tertiary/aromatic N) is 1. The van der Waals surface area contributed by atoms with Crippen LogP contribution in [0.2, 0.25) is 0 Å². The lowest BCUT2D eigenvalue weighted by Crippen LogP contribution is -2.44. The van der Waals surface area contributed by atoms with Gasteiger partial charge in [0, 0.05) is 23.8 Å². The highest BCUT2D eigenvalue weighted by Crippen LogP contribution is 2.31. The summed E-state index contributed by atoms with van der Waals surface area (Å²) in [5.41, 5.74) is 3.89. The minimum atomic E-state index is -0.984. The van der Waals surface area contributed by atoms with E-state index in [4.69, 9.17) is 0 Å². The Bertz CT molecular complexity index is 1040. The molecule has 0 spiro atoms. The van der Waals surface area contributed by atoms with Crippen molar-refractivity contribution in [3.05, 3.63) is 53.6 Å². The van der Waals surface area contributed by atoms with Crippen LogP contribution in [0.25, 0.3) is 11.1 Å². The van der Waals surface area contributed by atoms with E-state index in [0.717, 1.165) is 42.4 Å². The van der Waals surface area contributed by atoms with Crippen LogP contribution in [0.15, 0.2) is 42.5 Å². The predicted molar refractivity (Wildman–Crippen MR) is 127 cm³/mol. The minimum absolute atomic E-state index is 0.184. The van der Waals surface area contributed by atoms with Crippen molar-refractivity contribution in [2.75, 3.05) is 5.32 Å². The third-order valence-corrected chi connectivity index (χ3v) is 6.58. The summed E-state index contributed by atoms with van der Waals surface area (Å²) in [5, 5.41) is 15.5. The molecule has 2 aliphatic rings. The van der Waals surface area contributed by atoms with Gasteiger partial charge in [0.1, 0.15) is 6.04 Å². The molecule has 7 nitrogen and oxygen atoms in total. The highest BCUT2D eigenvalue weighted by Gasteiger charge is 2.38. The van der Waals surface area contributed by atoms with E-state index < -0.39 is 12.0 Å². The SMILES string of the molecule is CC(C)[C@@H](C(=O)O)N1Cc2ccc(-c3ccc(NC(=O)NC4CCCCC4)cc3)cc2C1=O. The second-order valence-corrected chi connectivity index (χ2v) is 9.34. The third-order valence-electron chi connectivity index (χ3n) is 6.58. The van der Waals surface area contributed by atoms with Gasteiger partial charge >= 0.3 is 12.0 Å². The molecule has 1 saturated carbocycles. The molecule has 0 saturated heterocycles. The van der Waals surface area contributed by atoms with Gasteiger partial charge in [0.15, 0.2) is 0 Å². The van der Waals surface area contributed by atoms with Crippen LogP contribution in [0, 0.1) is 5.92 Å². The summed E-state index contributed by atoms with van der Waals surface area (Å²) in [7, 11) is 0. The van der Waals surface area contributed by atoms with Gasteiger partial charge in [-0.05, 0) is 53.6 Å². The monoisotopic (exact) mass is 449 g/mol. The Balaban J connectivity index is 1.44. The van der Waals surface area contributed by atoms with Crippen molar-refractivity contribution in [3.8, 4) is 11.1 Å². The first kappa shape index (κ1) is 22.8. The fraction of sp³-hybridized carbons (Fsp3) is 0.423. The quantitative estimate of drug-likeness (QED) is 0.586. The summed E-state index contributed by atoms with van der Waals surface area (Å²) in [6.07, 6.45) is 5.63. The smallest absolute Gasteiger partial charge is 0.326 e. The van der Waals surface area contributed by atoms with Crippen LogP contribution in [0.3, 0.4) is 0 Å². The molecule has 1 heterocycles. The molecule has 0 bridgehead atoms. The summed E-state index contributed by atoms with van der Waals surface area (Å²) in [4.78, 5) is 38.4. The van der Waals surface area contributed by atoms with Crippen molar-refractivity contribution < 1.29 is 19.5 Å². The van der Waals surface area contributed by atoms with E-state index in [1.54, 1.807) is 0 Å². The van der Waals surface area contributed by atoms with Crippen LogP contribution in [-0.4, -0.2) is 40.0 Å². The molecule has 0 unspecified atom stereocenters. The number of carboxylic acid groups (broad SMARTS) is 1.